The lowest BCUT2D eigenvalue weighted by atomic mass is 10.2. The van der Waals surface area contributed by atoms with Crippen molar-refractivity contribution in [2.45, 2.75) is 20.1 Å². The fourth-order valence-electron chi connectivity index (χ4n) is 3.68. The molecule has 8 nitrogen and oxygen atoms in total. The highest BCUT2D eigenvalue weighted by Gasteiger charge is 2.19. The minimum atomic E-state index is -0.558. The van der Waals surface area contributed by atoms with Gasteiger partial charge in [0.25, 0.3) is 5.56 Å². The Balaban J connectivity index is 1.58. The second kappa shape index (κ2) is 12.3. The molecular weight excluding hydrogens is 480 g/mol. The largest absolute Gasteiger partial charge is 0.489 e. The Morgan fingerprint density at radius 3 is 2.47 bits per heavy atom. The maximum Gasteiger partial charge on any atom is 0.333 e. The number of esters is 1. The Hall–Kier alpha value is -3.69. The van der Waals surface area contributed by atoms with Crippen LogP contribution in [0.25, 0.3) is 12.2 Å². The van der Waals surface area contributed by atoms with Gasteiger partial charge in [-0.15, -0.1) is 11.3 Å². The smallest absolute Gasteiger partial charge is 0.333 e. The normalized spacial score (nSPS) is 14.6. The molecule has 0 saturated carbocycles. The monoisotopic (exact) mass is 508 g/mol. The lowest BCUT2D eigenvalue weighted by molar-refractivity contribution is -0.136. The summed E-state index contributed by atoms with van der Waals surface area (Å²) in [6.07, 6.45) is 3.01. The van der Waals surface area contributed by atoms with Gasteiger partial charge in [0.05, 0.1) is 30.4 Å². The van der Waals surface area contributed by atoms with Crippen LogP contribution in [0.1, 0.15) is 18.1 Å². The molecule has 0 aliphatic carbocycles. The molecule has 0 N–H and O–H groups in total. The molecule has 4 rings (SSSR count). The summed E-state index contributed by atoms with van der Waals surface area (Å²) >= 11 is 1.15. The predicted octanol–water partition coefficient (Wildman–Crippen LogP) is 1.52. The first-order valence-corrected chi connectivity index (χ1v) is 12.6. The van der Waals surface area contributed by atoms with E-state index < -0.39 is 5.97 Å². The third-order valence-corrected chi connectivity index (χ3v) is 6.61. The van der Waals surface area contributed by atoms with Gasteiger partial charge in [-0.05, 0) is 36.3 Å². The predicted molar refractivity (Wildman–Crippen MR) is 137 cm³/mol. The zero-order chi connectivity index (χ0) is 25.3. The van der Waals surface area contributed by atoms with Gasteiger partial charge in [0.2, 0.25) is 5.91 Å². The second-order valence-corrected chi connectivity index (χ2v) is 9.14. The highest BCUT2D eigenvalue weighted by Crippen LogP contribution is 2.14. The number of amides is 1. The number of rotatable bonds is 8. The Labute approximate surface area is 212 Å². The van der Waals surface area contributed by atoms with Crippen molar-refractivity contribution in [2.75, 3.05) is 32.9 Å². The number of benzene rings is 2. The number of hydrogen-bond acceptors (Lipinski definition) is 7. The average molecular weight is 509 g/mol. The van der Waals surface area contributed by atoms with Crippen LogP contribution in [0.2, 0.25) is 0 Å². The van der Waals surface area contributed by atoms with E-state index in [1.807, 2.05) is 54.6 Å². The third kappa shape index (κ3) is 6.71. The van der Waals surface area contributed by atoms with Crippen molar-refractivity contribution in [3.63, 3.8) is 0 Å². The molecule has 3 aromatic rings. The Bertz CT molecular complexity index is 1360. The summed E-state index contributed by atoms with van der Waals surface area (Å²) < 4.78 is 18.3. The molecule has 0 unspecified atom stereocenters. The number of morpholine rings is 1. The lowest BCUT2D eigenvalue weighted by Crippen LogP contribution is -2.45. The number of carbonyl (C=O) groups excluding carboxylic acids is 2. The van der Waals surface area contributed by atoms with Gasteiger partial charge < -0.3 is 19.1 Å². The van der Waals surface area contributed by atoms with Gasteiger partial charge in [-0.3, -0.25) is 14.2 Å². The van der Waals surface area contributed by atoms with Crippen LogP contribution < -0.4 is 19.5 Å². The first-order chi connectivity index (χ1) is 17.5. The van der Waals surface area contributed by atoms with Crippen LogP contribution in [0.4, 0.5) is 0 Å². The summed E-state index contributed by atoms with van der Waals surface area (Å²) in [4.78, 5) is 39.8. The van der Waals surface area contributed by atoms with Gasteiger partial charge in [-0.2, -0.15) is 0 Å². The first kappa shape index (κ1) is 25.4. The van der Waals surface area contributed by atoms with Crippen molar-refractivity contribution in [1.29, 1.82) is 0 Å². The summed E-state index contributed by atoms with van der Waals surface area (Å²) in [5, 5.41) is 0. The zero-order valence-electron chi connectivity index (χ0n) is 20.1. The summed E-state index contributed by atoms with van der Waals surface area (Å²) in [7, 11) is 0. The highest BCUT2D eigenvalue weighted by atomic mass is 32.1. The molecular formula is C27H28N2O6S. The third-order valence-electron chi connectivity index (χ3n) is 5.55. The quantitative estimate of drug-likeness (QED) is 0.429. The number of nitrogens with zero attached hydrogens (tertiary/aromatic N) is 2. The van der Waals surface area contributed by atoms with E-state index >= 15 is 0 Å². The molecule has 1 aliphatic rings. The molecule has 1 amide bonds. The van der Waals surface area contributed by atoms with Gasteiger partial charge in [0.15, 0.2) is 0 Å². The van der Waals surface area contributed by atoms with Crippen LogP contribution in [-0.2, 0) is 32.2 Å². The summed E-state index contributed by atoms with van der Waals surface area (Å²) in [5.41, 5.74) is 1.54. The van der Waals surface area contributed by atoms with E-state index in [0.717, 1.165) is 22.5 Å². The Morgan fingerprint density at radius 1 is 1.06 bits per heavy atom. The van der Waals surface area contributed by atoms with E-state index in [9.17, 15) is 14.4 Å². The van der Waals surface area contributed by atoms with Gasteiger partial charge in [0.1, 0.15) is 23.6 Å². The fourth-order valence-corrected chi connectivity index (χ4v) is 4.71. The molecule has 188 valence electrons. The molecule has 1 aliphatic heterocycles. The van der Waals surface area contributed by atoms with Gasteiger partial charge in [0, 0.05) is 13.1 Å². The van der Waals surface area contributed by atoms with Crippen molar-refractivity contribution in [2.24, 2.45) is 0 Å². The standard InChI is InChI=1S/C27H28N2O6S/c1-2-34-26(31)17-25-29(18-24(30)28-12-14-33-15-13-28)27(32)23(36-25)16-20-8-10-22(11-9-20)35-19-21-6-4-3-5-7-21/h3-11,16-17H,2,12-15,18-19H2,1H3/b23-16-,25-17+. The number of thiazole rings is 1. The molecule has 0 atom stereocenters. The lowest BCUT2D eigenvalue weighted by Gasteiger charge is -2.26. The first-order valence-electron chi connectivity index (χ1n) is 11.8. The van der Waals surface area contributed by atoms with E-state index in [2.05, 4.69) is 0 Å². The number of aromatic nitrogens is 1. The van der Waals surface area contributed by atoms with Crippen LogP contribution >= 0.6 is 11.3 Å². The minimum absolute atomic E-state index is 0.152. The highest BCUT2D eigenvalue weighted by molar-refractivity contribution is 7.07. The molecule has 2 aromatic carbocycles. The van der Waals surface area contributed by atoms with Crippen LogP contribution in [-0.4, -0.2) is 54.3 Å². The van der Waals surface area contributed by atoms with Crippen molar-refractivity contribution in [3.05, 3.63) is 85.3 Å². The number of carbonyl (C=O) groups is 2. The van der Waals surface area contributed by atoms with Crippen LogP contribution in [0.15, 0.2) is 59.4 Å². The van der Waals surface area contributed by atoms with Crippen LogP contribution in [0.3, 0.4) is 0 Å². The van der Waals surface area contributed by atoms with Gasteiger partial charge in [-0.25, -0.2) is 4.79 Å². The van der Waals surface area contributed by atoms with Crippen LogP contribution in [0, 0.1) is 0 Å². The van der Waals surface area contributed by atoms with E-state index in [0.29, 0.717) is 47.9 Å². The topological polar surface area (TPSA) is 87.1 Å². The van der Waals surface area contributed by atoms with Crippen LogP contribution in [0.5, 0.6) is 5.75 Å². The van der Waals surface area contributed by atoms with E-state index in [1.54, 1.807) is 17.9 Å². The van der Waals surface area contributed by atoms with Crippen molar-refractivity contribution >= 4 is 35.4 Å². The minimum Gasteiger partial charge on any atom is -0.489 e. The summed E-state index contributed by atoms with van der Waals surface area (Å²) in [6, 6.07) is 17.3. The maximum absolute atomic E-state index is 13.2. The van der Waals surface area contributed by atoms with Gasteiger partial charge in [-0.1, -0.05) is 42.5 Å². The Kier molecular flexibility index (Phi) is 8.70. The molecule has 0 bridgehead atoms. The number of ether oxygens (including phenoxy) is 3. The molecule has 0 radical (unpaired) electrons. The van der Waals surface area contributed by atoms with Crippen molar-refractivity contribution in [1.82, 2.24) is 9.47 Å². The number of hydrogen-bond donors (Lipinski definition) is 0. The zero-order valence-corrected chi connectivity index (χ0v) is 20.9. The summed E-state index contributed by atoms with van der Waals surface area (Å²) in [6.45, 7) is 4.13. The van der Waals surface area contributed by atoms with Crippen molar-refractivity contribution in [3.8, 4) is 5.75 Å². The average Bonchev–Trinajstić information content (AvgIpc) is 3.18. The Morgan fingerprint density at radius 2 is 1.78 bits per heavy atom. The molecule has 1 saturated heterocycles. The maximum atomic E-state index is 13.2. The molecule has 2 heterocycles. The SMILES string of the molecule is CCOC(=O)/C=c1/s/c(=C\c2ccc(OCc3ccccc3)cc2)c(=O)n1CC(=O)N1CCOCC1. The van der Waals surface area contributed by atoms with E-state index in [4.69, 9.17) is 14.2 Å². The van der Waals surface area contributed by atoms with E-state index in [1.165, 1.54) is 10.6 Å². The fraction of sp³-hybridized carbons (Fsp3) is 0.296. The second-order valence-electron chi connectivity index (χ2n) is 8.07. The molecule has 0 spiro atoms. The molecule has 36 heavy (non-hydrogen) atoms. The molecule has 1 aromatic heterocycles. The van der Waals surface area contributed by atoms with Gasteiger partial charge >= 0.3 is 5.97 Å². The van der Waals surface area contributed by atoms with Crippen molar-refractivity contribution < 1.29 is 23.8 Å². The van der Waals surface area contributed by atoms with E-state index in [-0.39, 0.29) is 24.6 Å². The summed E-state index contributed by atoms with van der Waals surface area (Å²) in [5.74, 6) is -0.0343. The molecule has 1 fully saturated rings. The molecule has 9 heteroatoms.